The molecule has 2 N–H and O–H groups in total. The molecule has 2 aromatic heterocycles. The van der Waals surface area contributed by atoms with E-state index < -0.39 is 0 Å². The normalized spacial score (nSPS) is 11.5. The summed E-state index contributed by atoms with van der Waals surface area (Å²) in [6.45, 7) is 6.12. The predicted molar refractivity (Wildman–Crippen MR) is 154 cm³/mol. The summed E-state index contributed by atoms with van der Waals surface area (Å²) in [6.07, 6.45) is 1.45. The quantitative estimate of drug-likeness (QED) is 0.179. The SMILES string of the molecule is C/C(=N\NC(=O)c1cc(-c2ccc(C(C)C)cc2)nc2ccccc12)c1ccc(NC(=O)c2ccco2)cc1. The number of nitrogens with one attached hydrogen (secondary N) is 2. The van der Waals surface area contributed by atoms with Crippen molar-refractivity contribution in [2.24, 2.45) is 5.10 Å². The maximum absolute atomic E-state index is 13.3. The summed E-state index contributed by atoms with van der Waals surface area (Å²) in [4.78, 5) is 30.3. The van der Waals surface area contributed by atoms with Crippen molar-refractivity contribution in [1.29, 1.82) is 0 Å². The van der Waals surface area contributed by atoms with E-state index in [0.717, 1.165) is 27.7 Å². The summed E-state index contributed by atoms with van der Waals surface area (Å²) in [5.74, 6) is 0.0159. The Kier molecular flexibility index (Phi) is 7.32. The molecule has 2 amide bonds. The lowest BCUT2D eigenvalue weighted by Gasteiger charge is -2.11. The third-order valence-electron chi connectivity index (χ3n) is 6.46. The van der Waals surface area contributed by atoms with Gasteiger partial charge in [-0.3, -0.25) is 9.59 Å². The van der Waals surface area contributed by atoms with Crippen molar-refractivity contribution < 1.29 is 14.0 Å². The standard InChI is InChI=1S/C32H28N4O3/c1-20(2)22-10-12-24(13-11-22)29-19-27(26-7-4-5-8-28(26)34-29)31(37)36-35-21(3)23-14-16-25(17-15-23)33-32(38)30-9-6-18-39-30/h4-20H,1-3H3,(H,33,38)(H,36,37)/b35-21+. The van der Waals surface area contributed by atoms with E-state index in [1.165, 1.54) is 11.8 Å². The van der Waals surface area contributed by atoms with Gasteiger partial charge in [0.2, 0.25) is 0 Å². The predicted octanol–water partition coefficient (Wildman–Crippen LogP) is 7.02. The summed E-state index contributed by atoms with van der Waals surface area (Å²) in [5, 5.41) is 7.87. The molecule has 0 aliphatic heterocycles. The van der Waals surface area contributed by atoms with Gasteiger partial charge in [0.25, 0.3) is 11.8 Å². The van der Waals surface area contributed by atoms with Gasteiger partial charge in [-0.05, 0) is 60.4 Å². The van der Waals surface area contributed by atoms with Gasteiger partial charge < -0.3 is 9.73 Å². The highest BCUT2D eigenvalue weighted by Gasteiger charge is 2.14. The van der Waals surface area contributed by atoms with Gasteiger partial charge in [-0.25, -0.2) is 10.4 Å². The molecule has 0 unspecified atom stereocenters. The molecule has 0 atom stereocenters. The molecule has 0 aliphatic rings. The van der Waals surface area contributed by atoms with Gasteiger partial charge in [0.15, 0.2) is 5.76 Å². The van der Waals surface area contributed by atoms with Crippen LogP contribution in [0.3, 0.4) is 0 Å². The van der Waals surface area contributed by atoms with Crippen molar-refractivity contribution in [2.45, 2.75) is 26.7 Å². The van der Waals surface area contributed by atoms with E-state index >= 15 is 0 Å². The van der Waals surface area contributed by atoms with Crippen molar-refractivity contribution >= 4 is 34.1 Å². The number of furan rings is 1. The molecule has 0 spiro atoms. The van der Waals surface area contributed by atoms with Crippen LogP contribution in [0.25, 0.3) is 22.2 Å². The Morgan fingerprint density at radius 2 is 1.62 bits per heavy atom. The van der Waals surface area contributed by atoms with E-state index in [0.29, 0.717) is 22.9 Å². The second-order valence-electron chi connectivity index (χ2n) is 9.50. The first-order valence-corrected chi connectivity index (χ1v) is 12.7. The minimum absolute atomic E-state index is 0.235. The molecule has 2 heterocycles. The number of pyridine rings is 1. The number of aromatic nitrogens is 1. The summed E-state index contributed by atoms with van der Waals surface area (Å²) in [6, 6.07) is 28.1. The van der Waals surface area contributed by atoms with Crippen LogP contribution in [0, 0.1) is 0 Å². The Labute approximate surface area is 226 Å². The molecule has 0 saturated heterocycles. The van der Waals surface area contributed by atoms with Crippen molar-refractivity contribution in [3.63, 3.8) is 0 Å². The maximum atomic E-state index is 13.3. The van der Waals surface area contributed by atoms with Crippen LogP contribution < -0.4 is 10.7 Å². The molecule has 0 aliphatic carbocycles. The first-order chi connectivity index (χ1) is 18.9. The van der Waals surface area contributed by atoms with Crippen LogP contribution in [-0.2, 0) is 0 Å². The van der Waals surface area contributed by atoms with Gasteiger partial charge in [0, 0.05) is 16.6 Å². The molecule has 39 heavy (non-hydrogen) atoms. The van der Waals surface area contributed by atoms with Crippen LogP contribution in [0.15, 0.2) is 107 Å². The molecule has 194 valence electrons. The highest BCUT2D eigenvalue weighted by Crippen LogP contribution is 2.26. The number of hydrazone groups is 1. The van der Waals surface area contributed by atoms with E-state index in [-0.39, 0.29) is 17.6 Å². The van der Waals surface area contributed by atoms with Crippen LogP contribution in [0.1, 0.15) is 58.7 Å². The number of rotatable bonds is 7. The van der Waals surface area contributed by atoms with Crippen molar-refractivity contribution in [3.8, 4) is 11.3 Å². The van der Waals surface area contributed by atoms with Gasteiger partial charge in [-0.1, -0.05) is 68.4 Å². The van der Waals surface area contributed by atoms with Crippen LogP contribution in [0.4, 0.5) is 5.69 Å². The molecule has 0 saturated carbocycles. The van der Waals surface area contributed by atoms with Crippen molar-refractivity contribution in [2.75, 3.05) is 5.32 Å². The lowest BCUT2D eigenvalue weighted by Crippen LogP contribution is -2.20. The van der Waals surface area contributed by atoms with Crippen molar-refractivity contribution in [3.05, 3.63) is 120 Å². The summed E-state index contributed by atoms with van der Waals surface area (Å²) in [5.41, 5.74) is 8.89. The lowest BCUT2D eigenvalue weighted by atomic mass is 9.99. The summed E-state index contributed by atoms with van der Waals surface area (Å²) >= 11 is 0. The molecule has 3 aromatic carbocycles. The number of para-hydroxylation sites is 1. The van der Waals surface area contributed by atoms with Crippen LogP contribution in [0.2, 0.25) is 0 Å². The minimum Gasteiger partial charge on any atom is -0.459 e. The summed E-state index contributed by atoms with van der Waals surface area (Å²) in [7, 11) is 0. The molecule has 0 fully saturated rings. The minimum atomic E-state index is -0.329. The monoisotopic (exact) mass is 516 g/mol. The number of carbonyl (C=O) groups is 2. The van der Waals surface area contributed by atoms with Gasteiger partial charge in [-0.2, -0.15) is 5.10 Å². The molecular formula is C32H28N4O3. The Bertz CT molecular complexity index is 1650. The average molecular weight is 517 g/mol. The largest absolute Gasteiger partial charge is 0.459 e. The fourth-order valence-electron chi connectivity index (χ4n) is 4.20. The van der Waals surface area contributed by atoms with E-state index in [1.807, 2.05) is 61.5 Å². The number of carbonyl (C=O) groups excluding carboxylic acids is 2. The molecule has 5 aromatic rings. The lowest BCUT2D eigenvalue weighted by molar-refractivity contribution is 0.0955. The highest BCUT2D eigenvalue weighted by atomic mass is 16.3. The van der Waals surface area contributed by atoms with Crippen LogP contribution >= 0.6 is 0 Å². The number of benzene rings is 3. The topological polar surface area (TPSA) is 96.6 Å². The van der Waals surface area contributed by atoms with E-state index in [9.17, 15) is 9.59 Å². The second kappa shape index (κ2) is 11.1. The Balaban J connectivity index is 1.35. The Morgan fingerprint density at radius 3 is 2.31 bits per heavy atom. The van der Waals surface area contributed by atoms with Crippen LogP contribution in [-0.4, -0.2) is 22.5 Å². The van der Waals surface area contributed by atoms with E-state index in [2.05, 4.69) is 41.8 Å². The average Bonchev–Trinajstić information content (AvgIpc) is 3.51. The van der Waals surface area contributed by atoms with Gasteiger partial charge in [0.1, 0.15) is 0 Å². The number of amides is 2. The molecule has 5 rings (SSSR count). The number of hydrogen-bond acceptors (Lipinski definition) is 5. The van der Waals surface area contributed by atoms with Gasteiger partial charge >= 0.3 is 0 Å². The van der Waals surface area contributed by atoms with Crippen LogP contribution in [0.5, 0.6) is 0 Å². The molecule has 7 nitrogen and oxygen atoms in total. The first kappa shape index (κ1) is 25.6. The fourth-order valence-corrected chi connectivity index (χ4v) is 4.20. The first-order valence-electron chi connectivity index (χ1n) is 12.7. The third-order valence-corrected chi connectivity index (χ3v) is 6.46. The molecular weight excluding hydrogens is 488 g/mol. The smallest absolute Gasteiger partial charge is 0.291 e. The second-order valence-corrected chi connectivity index (χ2v) is 9.50. The molecule has 0 bridgehead atoms. The zero-order chi connectivity index (χ0) is 27.4. The zero-order valence-corrected chi connectivity index (χ0v) is 21.9. The van der Waals surface area contributed by atoms with Gasteiger partial charge in [-0.15, -0.1) is 0 Å². The Hall–Kier alpha value is -5.04. The maximum Gasteiger partial charge on any atom is 0.291 e. The molecule has 0 radical (unpaired) electrons. The van der Waals surface area contributed by atoms with Gasteiger partial charge in [0.05, 0.1) is 28.7 Å². The zero-order valence-electron chi connectivity index (χ0n) is 21.9. The number of fused-ring (bicyclic) bond motifs is 1. The van der Waals surface area contributed by atoms with Crippen molar-refractivity contribution in [1.82, 2.24) is 10.4 Å². The number of anilines is 1. The number of nitrogens with zero attached hydrogens (tertiary/aromatic N) is 2. The Morgan fingerprint density at radius 1 is 0.872 bits per heavy atom. The number of hydrogen-bond donors (Lipinski definition) is 2. The third kappa shape index (κ3) is 5.78. The summed E-state index contributed by atoms with van der Waals surface area (Å²) < 4.78 is 5.12. The van der Waals surface area contributed by atoms with E-state index in [4.69, 9.17) is 9.40 Å². The van der Waals surface area contributed by atoms with E-state index in [1.54, 1.807) is 24.3 Å². The molecule has 7 heteroatoms. The highest BCUT2D eigenvalue weighted by molar-refractivity contribution is 6.08. The fraction of sp³-hybridized carbons (Fsp3) is 0.125.